The molecule has 1 amide bonds. The van der Waals surface area contributed by atoms with Gasteiger partial charge in [0.15, 0.2) is 5.76 Å². The Bertz CT molecular complexity index is 284. The van der Waals surface area contributed by atoms with Gasteiger partial charge in [0.2, 0.25) is 0 Å². The zero-order chi connectivity index (χ0) is 10.6. The SMILES string of the molecule is CC(CBr)C(C)NC(=O)c1ccco1. The molecule has 1 N–H and O–H groups in total. The average molecular weight is 260 g/mol. The van der Waals surface area contributed by atoms with E-state index in [1.807, 2.05) is 6.92 Å². The molecule has 0 aliphatic heterocycles. The first-order chi connectivity index (χ1) is 6.65. The quantitative estimate of drug-likeness (QED) is 0.845. The maximum Gasteiger partial charge on any atom is 0.287 e. The molecule has 0 radical (unpaired) electrons. The second kappa shape index (κ2) is 5.20. The Labute approximate surface area is 92.0 Å². The fraction of sp³-hybridized carbons (Fsp3) is 0.500. The van der Waals surface area contributed by atoms with Gasteiger partial charge in [0.1, 0.15) is 0 Å². The molecule has 2 unspecified atom stereocenters. The summed E-state index contributed by atoms with van der Waals surface area (Å²) in [6.45, 7) is 4.05. The lowest BCUT2D eigenvalue weighted by Crippen LogP contribution is -2.37. The number of halogens is 1. The molecule has 3 nitrogen and oxygen atoms in total. The molecule has 14 heavy (non-hydrogen) atoms. The third-order valence-corrected chi connectivity index (χ3v) is 3.22. The second-order valence-corrected chi connectivity index (χ2v) is 4.02. The highest BCUT2D eigenvalue weighted by molar-refractivity contribution is 9.09. The highest BCUT2D eigenvalue weighted by atomic mass is 79.9. The molecule has 1 aromatic rings. The van der Waals surface area contributed by atoms with Crippen LogP contribution in [0.5, 0.6) is 0 Å². The van der Waals surface area contributed by atoms with Crippen LogP contribution >= 0.6 is 15.9 Å². The summed E-state index contributed by atoms with van der Waals surface area (Å²) >= 11 is 3.38. The number of carbonyl (C=O) groups excluding carboxylic acids is 1. The average Bonchev–Trinajstić information content (AvgIpc) is 2.69. The Morgan fingerprint density at radius 2 is 2.36 bits per heavy atom. The predicted octanol–water partition coefficient (Wildman–Crippen LogP) is 2.43. The minimum absolute atomic E-state index is 0.131. The number of amides is 1. The van der Waals surface area contributed by atoms with Gasteiger partial charge in [0.25, 0.3) is 5.91 Å². The van der Waals surface area contributed by atoms with Gasteiger partial charge in [0, 0.05) is 11.4 Å². The highest BCUT2D eigenvalue weighted by Gasteiger charge is 2.15. The van der Waals surface area contributed by atoms with E-state index in [-0.39, 0.29) is 11.9 Å². The van der Waals surface area contributed by atoms with Gasteiger partial charge in [-0.3, -0.25) is 4.79 Å². The summed E-state index contributed by atoms with van der Waals surface area (Å²) < 4.78 is 4.99. The van der Waals surface area contributed by atoms with Gasteiger partial charge < -0.3 is 9.73 Å². The summed E-state index contributed by atoms with van der Waals surface area (Å²) in [6, 6.07) is 3.49. The Kier molecular flexibility index (Phi) is 4.20. The fourth-order valence-electron chi connectivity index (χ4n) is 0.962. The van der Waals surface area contributed by atoms with Gasteiger partial charge in [-0.25, -0.2) is 0 Å². The summed E-state index contributed by atoms with van der Waals surface area (Å²) in [5.74, 6) is 0.600. The first-order valence-electron chi connectivity index (χ1n) is 4.55. The zero-order valence-corrected chi connectivity index (χ0v) is 9.87. The molecule has 0 fully saturated rings. The van der Waals surface area contributed by atoms with Crippen molar-refractivity contribution in [3.05, 3.63) is 24.2 Å². The molecule has 78 valence electrons. The summed E-state index contributed by atoms with van der Waals surface area (Å²) in [7, 11) is 0. The van der Waals surface area contributed by atoms with E-state index >= 15 is 0 Å². The number of furan rings is 1. The summed E-state index contributed by atoms with van der Waals surface area (Å²) in [5, 5.41) is 3.74. The maximum absolute atomic E-state index is 11.5. The molecule has 1 heterocycles. The lowest BCUT2D eigenvalue weighted by atomic mass is 10.1. The number of hydrogen-bond acceptors (Lipinski definition) is 2. The van der Waals surface area contributed by atoms with E-state index in [4.69, 9.17) is 4.42 Å². The van der Waals surface area contributed by atoms with Gasteiger partial charge in [-0.2, -0.15) is 0 Å². The summed E-state index contributed by atoms with van der Waals surface area (Å²) in [6.07, 6.45) is 1.49. The van der Waals surface area contributed by atoms with Crippen molar-refractivity contribution in [2.24, 2.45) is 5.92 Å². The van der Waals surface area contributed by atoms with Gasteiger partial charge >= 0.3 is 0 Å². The van der Waals surface area contributed by atoms with Crippen LogP contribution in [0.25, 0.3) is 0 Å². The van der Waals surface area contributed by atoms with Crippen molar-refractivity contribution < 1.29 is 9.21 Å². The monoisotopic (exact) mass is 259 g/mol. The molecule has 0 bridgehead atoms. The van der Waals surface area contributed by atoms with Crippen LogP contribution in [0.2, 0.25) is 0 Å². The maximum atomic E-state index is 11.5. The van der Waals surface area contributed by atoms with Crippen LogP contribution in [0.3, 0.4) is 0 Å². The number of nitrogens with one attached hydrogen (secondary N) is 1. The third kappa shape index (κ3) is 2.87. The first-order valence-corrected chi connectivity index (χ1v) is 5.67. The fourth-order valence-corrected chi connectivity index (χ4v) is 1.52. The van der Waals surface area contributed by atoms with Crippen LogP contribution in [0.4, 0.5) is 0 Å². The van der Waals surface area contributed by atoms with Gasteiger partial charge in [-0.1, -0.05) is 22.9 Å². The second-order valence-electron chi connectivity index (χ2n) is 3.37. The Hall–Kier alpha value is -0.770. The van der Waals surface area contributed by atoms with Crippen LogP contribution in [-0.2, 0) is 0 Å². The van der Waals surface area contributed by atoms with E-state index in [1.54, 1.807) is 12.1 Å². The number of carbonyl (C=O) groups is 1. The van der Waals surface area contributed by atoms with Crippen LogP contribution in [-0.4, -0.2) is 17.3 Å². The third-order valence-electron chi connectivity index (χ3n) is 2.20. The molecule has 1 aromatic heterocycles. The predicted molar refractivity (Wildman–Crippen MR) is 58.6 cm³/mol. The molecule has 2 atom stereocenters. The molecule has 1 rings (SSSR count). The highest BCUT2D eigenvalue weighted by Crippen LogP contribution is 2.07. The lowest BCUT2D eigenvalue weighted by Gasteiger charge is -2.18. The minimum Gasteiger partial charge on any atom is -0.459 e. The van der Waals surface area contributed by atoms with E-state index in [2.05, 4.69) is 28.2 Å². The van der Waals surface area contributed by atoms with Crippen molar-refractivity contribution in [1.82, 2.24) is 5.32 Å². The Morgan fingerprint density at radius 1 is 1.64 bits per heavy atom. The molecule has 0 aliphatic carbocycles. The van der Waals surface area contributed by atoms with Gasteiger partial charge in [-0.15, -0.1) is 0 Å². The van der Waals surface area contributed by atoms with Crippen LogP contribution < -0.4 is 5.32 Å². The molecular weight excluding hydrogens is 246 g/mol. The molecule has 0 aromatic carbocycles. The van der Waals surface area contributed by atoms with Crippen LogP contribution in [0.15, 0.2) is 22.8 Å². The van der Waals surface area contributed by atoms with Gasteiger partial charge in [-0.05, 0) is 25.0 Å². The Balaban J connectivity index is 2.49. The van der Waals surface area contributed by atoms with Crippen molar-refractivity contribution >= 4 is 21.8 Å². The topological polar surface area (TPSA) is 42.2 Å². The van der Waals surface area contributed by atoms with Crippen LogP contribution in [0, 0.1) is 5.92 Å². The normalized spacial score (nSPS) is 14.8. The van der Waals surface area contributed by atoms with E-state index in [0.29, 0.717) is 11.7 Å². The largest absolute Gasteiger partial charge is 0.459 e. The smallest absolute Gasteiger partial charge is 0.287 e. The molecule has 0 saturated carbocycles. The number of alkyl halides is 1. The van der Waals surface area contributed by atoms with Crippen molar-refractivity contribution in [2.45, 2.75) is 19.9 Å². The van der Waals surface area contributed by atoms with Crippen molar-refractivity contribution in [1.29, 1.82) is 0 Å². The summed E-state index contributed by atoms with van der Waals surface area (Å²) in [5.41, 5.74) is 0. The standard InChI is InChI=1S/C10H14BrNO2/c1-7(6-11)8(2)12-10(13)9-4-3-5-14-9/h3-5,7-8H,6H2,1-2H3,(H,12,13). The number of rotatable bonds is 4. The van der Waals surface area contributed by atoms with E-state index < -0.39 is 0 Å². The van der Waals surface area contributed by atoms with E-state index in [9.17, 15) is 4.79 Å². The van der Waals surface area contributed by atoms with Crippen molar-refractivity contribution in [2.75, 3.05) is 5.33 Å². The summed E-state index contributed by atoms with van der Waals surface area (Å²) in [4.78, 5) is 11.5. The zero-order valence-electron chi connectivity index (χ0n) is 8.29. The van der Waals surface area contributed by atoms with E-state index in [1.165, 1.54) is 6.26 Å². The first kappa shape index (κ1) is 11.3. The molecule has 4 heteroatoms. The van der Waals surface area contributed by atoms with Crippen molar-refractivity contribution in [3.8, 4) is 0 Å². The van der Waals surface area contributed by atoms with Gasteiger partial charge in [0.05, 0.1) is 6.26 Å². The Morgan fingerprint density at radius 3 is 2.86 bits per heavy atom. The molecule has 0 spiro atoms. The molecule has 0 aliphatic rings. The minimum atomic E-state index is -0.157. The van der Waals surface area contributed by atoms with E-state index in [0.717, 1.165) is 5.33 Å². The molecule has 0 saturated heterocycles. The van der Waals surface area contributed by atoms with Crippen LogP contribution in [0.1, 0.15) is 24.4 Å². The number of hydrogen-bond donors (Lipinski definition) is 1. The lowest BCUT2D eigenvalue weighted by molar-refractivity contribution is 0.0903. The molecular formula is C10H14BrNO2. The van der Waals surface area contributed by atoms with Crippen molar-refractivity contribution in [3.63, 3.8) is 0 Å².